The highest BCUT2D eigenvalue weighted by molar-refractivity contribution is 7.99. The summed E-state index contributed by atoms with van der Waals surface area (Å²) in [6, 6.07) is 7.45. The van der Waals surface area contributed by atoms with Gasteiger partial charge in [0, 0.05) is 15.8 Å². The van der Waals surface area contributed by atoms with Crippen LogP contribution in [0.15, 0.2) is 29.2 Å². The molecule has 0 spiro atoms. The molecule has 0 fully saturated rings. The highest BCUT2D eigenvalue weighted by Gasteiger charge is 2.02. The Labute approximate surface area is 91.5 Å². The lowest BCUT2D eigenvalue weighted by molar-refractivity contribution is -0.255. The minimum absolute atomic E-state index is 0.128. The normalized spacial score (nSPS) is 10.7. The van der Waals surface area contributed by atoms with Crippen molar-refractivity contribution in [2.24, 2.45) is 0 Å². The lowest BCUT2D eigenvalue weighted by Gasteiger charge is -1.97. The molecule has 0 aliphatic carbocycles. The van der Waals surface area contributed by atoms with Gasteiger partial charge in [0.1, 0.15) is 0 Å². The largest absolute Gasteiger partial charge is 0.543 e. The van der Waals surface area contributed by atoms with Crippen LogP contribution in [0.1, 0.15) is 17.4 Å². The predicted octanol–water partition coefficient (Wildman–Crippen LogP) is 1.64. The van der Waals surface area contributed by atoms with Crippen LogP contribution in [0.5, 0.6) is 0 Å². The SMILES string of the molecule is CCSc1ccc2cc(C(=O)[O-])[nH]c2c1. The Morgan fingerprint density at radius 1 is 1.47 bits per heavy atom. The van der Waals surface area contributed by atoms with Gasteiger partial charge >= 0.3 is 0 Å². The number of benzene rings is 1. The second-order valence-electron chi connectivity index (χ2n) is 3.15. The average Bonchev–Trinajstić information content (AvgIpc) is 2.61. The van der Waals surface area contributed by atoms with Crippen molar-refractivity contribution < 1.29 is 9.90 Å². The van der Waals surface area contributed by atoms with E-state index in [-0.39, 0.29) is 5.69 Å². The number of aromatic amines is 1. The fraction of sp³-hybridized carbons (Fsp3) is 0.182. The van der Waals surface area contributed by atoms with Crippen LogP contribution in [0.25, 0.3) is 10.9 Å². The van der Waals surface area contributed by atoms with Gasteiger partial charge in [-0.25, -0.2) is 0 Å². The molecule has 4 heteroatoms. The topological polar surface area (TPSA) is 55.9 Å². The van der Waals surface area contributed by atoms with Crippen molar-refractivity contribution in [1.82, 2.24) is 4.98 Å². The Hall–Kier alpha value is -1.42. The molecule has 15 heavy (non-hydrogen) atoms. The van der Waals surface area contributed by atoms with Crippen LogP contribution in [0, 0.1) is 0 Å². The maximum absolute atomic E-state index is 10.6. The molecule has 0 bridgehead atoms. The Bertz CT molecular complexity index is 504. The fourth-order valence-corrected chi connectivity index (χ4v) is 2.17. The molecule has 0 saturated heterocycles. The maximum Gasteiger partial charge on any atom is 0.0878 e. The lowest BCUT2D eigenvalue weighted by Crippen LogP contribution is -2.22. The van der Waals surface area contributed by atoms with Gasteiger partial charge in [-0.3, -0.25) is 0 Å². The van der Waals surface area contributed by atoms with Crippen molar-refractivity contribution in [3.05, 3.63) is 30.0 Å². The number of carboxylic acids is 1. The third kappa shape index (κ3) is 1.99. The van der Waals surface area contributed by atoms with E-state index in [0.717, 1.165) is 21.6 Å². The summed E-state index contributed by atoms with van der Waals surface area (Å²) < 4.78 is 0. The van der Waals surface area contributed by atoms with Crippen molar-refractivity contribution in [3.8, 4) is 0 Å². The molecule has 3 nitrogen and oxygen atoms in total. The Morgan fingerprint density at radius 2 is 2.27 bits per heavy atom. The molecule has 0 radical (unpaired) electrons. The minimum atomic E-state index is -1.17. The maximum atomic E-state index is 10.6. The smallest absolute Gasteiger partial charge is 0.0878 e. The van der Waals surface area contributed by atoms with Gasteiger partial charge in [-0.05, 0) is 24.0 Å². The van der Waals surface area contributed by atoms with Crippen LogP contribution < -0.4 is 5.11 Å². The quantitative estimate of drug-likeness (QED) is 0.800. The summed E-state index contributed by atoms with van der Waals surface area (Å²) in [4.78, 5) is 14.6. The van der Waals surface area contributed by atoms with Crippen LogP contribution in [0.3, 0.4) is 0 Å². The van der Waals surface area contributed by atoms with Crippen molar-refractivity contribution in [2.75, 3.05) is 5.75 Å². The van der Waals surface area contributed by atoms with Gasteiger partial charge in [0.25, 0.3) is 0 Å². The number of carbonyl (C=O) groups excluding carboxylic acids is 1. The lowest BCUT2D eigenvalue weighted by atomic mass is 10.2. The Kier molecular flexibility index (Phi) is 2.68. The van der Waals surface area contributed by atoms with E-state index >= 15 is 0 Å². The summed E-state index contributed by atoms with van der Waals surface area (Å²) in [5.74, 6) is -0.171. The van der Waals surface area contributed by atoms with Crippen LogP contribution >= 0.6 is 11.8 Å². The molecular weight excluding hydrogens is 210 g/mol. The number of nitrogens with one attached hydrogen (secondary N) is 1. The van der Waals surface area contributed by atoms with Crippen molar-refractivity contribution in [1.29, 1.82) is 0 Å². The molecule has 0 unspecified atom stereocenters. The van der Waals surface area contributed by atoms with E-state index in [4.69, 9.17) is 0 Å². The highest BCUT2D eigenvalue weighted by Crippen LogP contribution is 2.23. The van der Waals surface area contributed by atoms with Crippen molar-refractivity contribution in [2.45, 2.75) is 11.8 Å². The summed E-state index contributed by atoms with van der Waals surface area (Å²) in [7, 11) is 0. The molecule has 2 aromatic rings. The standard InChI is InChI=1S/C11H11NO2S/c1-2-15-8-4-3-7-5-10(11(13)14)12-9(7)6-8/h3-6,12H,2H2,1H3,(H,13,14)/p-1. The summed E-state index contributed by atoms with van der Waals surface area (Å²) in [5.41, 5.74) is 0.969. The van der Waals surface area contributed by atoms with Crippen molar-refractivity contribution in [3.63, 3.8) is 0 Å². The number of aromatic carboxylic acids is 1. The minimum Gasteiger partial charge on any atom is -0.543 e. The van der Waals surface area contributed by atoms with Gasteiger partial charge in [-0.15, -0.1) is 11.8 Å². The number of thioether (sulfide) groups is 1. The first kappa shape index (κ1) is 10.1. The van der Waals surface area contributed by atoms with Crippen LogP contribution in [0.4, 0.5) is 0 Å². The molecule has 1 N–H and O–H groups in total. The summed E-state index contributed by atoms with van der Waals surface area (Å²) in [6.45, 7) is 2.08. The molecule has 0 aliphatic heterocycles. The van der Waals surface area contributed by atoms with Crippen molar-refractivity contribution >= 4 is 28.6 Å². The first-order valence-electron chi connectivity index (χ1n) is 4.67. The van der Waals surface area contributed by atoms with Crippen LogP contribution in [-0.4, -0.2) is 16.7 Å². The molecule has 1 aromatic carbocycles. The van der Waals surface area contributed by atoms with E-state index in [2.05, 4.69) is 11.9 Å². The fourth-order valence-electron chi connectivity index (χ4n) is 1.47. The molecule has 1 heterocycles. The third-order valence-corrected chi connectivity index (χ3v) is 3.00. The second kappa shape index (κ2) is 3.98. The molecule has 0 aliphatic rings. The predicted molar refractivity (Wildman–Crippen MR) is 59.0 cm³/mol. The Balaban J connectivity index is 2.47. The molecule has 0 atom stereocenters. The van der Waals surface area contributed by atoms with E-state index in [0.29, 0.717) is 0 Å². The number of aromatic nitrogens is 1. The molecule has 1 aromatic heterocycles. The van der Waals surface area contributed by atoms with E-state index in [9.17, 15) is 9.90 Å². The number of rotatable bonds is 3. The number of carboxylic acid groups (broad SMARTS) is 1. The van der Waals surface area contributed by atoms with E-state index in [1.54, 1.807) is 17.8 Å². The molecule has 78 valence electrons. The zero-order valence-electron chi connectivity index (χ0n) is 8.24. The number of hydrogen-bond donors (Lipinski definition) is 1. The summed E-state index contributed by atoms with van der Waals surface area (Å²) in [5, 5.41) is 11.5. The first-order valence-corrected chi connectivity index (χ1v) is 5.66. The van der Waals surface area contributed by atoms with Gasteiger partial charge in [-0.2, -0.15) is 0 Å². The van der Waals surface area contributed by atoms with Gasteiger partial charge in [0.05, 0.1) is 11.7 Å². The van der Waals surface area contributed by atoms with E-state index in [1.807, 2.05) is 18.2 Å². The van der Waals surface area contributed by atoms with Gasteiger partial charge in [0.2, 0.25) is 0 Å². The number of H-pyrrole nitrogens is 1. The highest BCUT2D eigenvalue weighted by atomic mass is 32.2. The summed E-state index contributed by atoms with van der Waals surface area (Å²) >= 11 is 1.72. The number of hydrogen-bond acceptors (Lipinski definition) is 3. The van der Waals surface area contributed by atoms with Gasteiger partial charge < -0.3 is 14.9 Å². The molecule has 0 amide bonds. The Morgan fingerprint density at radius 3 is 2.93 bits per heavy atom. The third-order valence-electron chi connectivity index (χ3n) is 2.12. The summed E-state index contributed by atoms with van der Waals surface area (Å²) in [6.07, 6.45) is 0. The monoisotopic (exact) mass is 220 g/mol. The second-order valence-corrected chi connectivity index (χ2v) is 4.49. The van der Waals surface area contributed by atoms with Gasteiger partial charge in [-0.1, -0.05) is 13.0 Å². The van der Waals surface area contributed by atoms with Gasteiger partial charge in [0.15, 0.2) is 0 Å². The zero-order chi connectivity index (χ0) is 10.8. The average molecular weight is 220 g/mol. The first-order chi connectivity index (χ1) is 7.20. The van der Waals surface area contributed by atoms with E-state index in [1.165, 1.54) is 0 Å². The molecule has 2 rings (SSSR count). The zero-order valence-corrected chi connectivity index (χ0v) is 9.06. The number of fused-ring (bicyclic) bond motifs is 1. The molecule has 0 saturated carbocycles. The molecular formula is C11H10NO2S-. The van der Waals surface area contributed by atoms with Crippen LogP contribution in [0.2, 0.25) is 0 Å². The van der Waals surface area contributed by atoms with E-state index < -0.39 is 5.97 Å². The van der Waals surface area contributed by atoms with Crippen LogP contribution in [-0.2, 0) is 0 Å². The number of carbonyl (C=O) groups is 1.